The van der Waals surface area contributed by atoms with E-state index in [1.165, 1.54) is 17.3 Å². The zero-order chi connectivity index (χ0) is 21.4. The molecule has 1 atom stereocenters. The number of hydrogen-bond acceptors (Lipinski definition) is 2. The molecule has 0 fully saturated rings. The summed E-state index contributed by atoms with van der Waals surface area (Å²) in [6, 6.07) is 25.6. The van der Waals surface area contributed by atoms with E-state index in [4.69, 9.17) is 4.74 Å². The van der Waals surface area contributed by atoms with Gasteiger partial charge in [-0.1, -0.05) is 103 Å². The topological polar surface area (TPSA) is 38.3 Å². The molecule has 0 aliphatic rings. The van der Waals surface area contributed by atoms with Crippen molar-refractivity contribution in [2.24, 2.45) is 0 Å². The third kappa shape index (κ3) is 6.16. The van der Waals surface area contributed by atoms with E-state index in [1.54, 1.807) is 12.1 Å². The molecule has 1 unspecified atom stereocenters. The minimum atomic E-state index is -1.88. The predicted octanol–water partition coefficient (Wildman–Crippen LogP) is 5.50. The fraction of sp³-hybridized carbons (Fsp3) is 0.160. The van der Waals surface area contributed by atoms with Gasteiger partial charge in [0.2, 0.25) is 0 Å². The standard InChI is InChI=1S/C25H26FNO2Si/c1-30(2,23-14-7-4-8-15-23)17-16-24(21-12-9-13-22(26)18-21)27-25(28)29-19-20-10-5-3-6-11-20/h3-18,24H,19H2,1-2H3,(H,27,28)/b17-16+. The maximum Gasteiger partial charge on any atom is 0.408 e. The third-order valence-electron chi connectivity index (χ3n) is 4.92. The second-order valence-corrected chi connectivity index (χ2v) is 12.0. The van der Waals surface area contributed by atoms with Crippen LogP contribution in [0.15, 0.2) is 96.7 Å². The van der Waals surface area contributed by atoms with E-state index < -0.39 is 20.2 Å². The molecule has 0 bridgehead atoms. The number of hydrogen-bond donors (Lipinski definition) is 1. The van der Waals surface area contributed by atoms with Gasteiger partial charge in [-0.2, -0.15) is 0 Å². The molecule has 3 nitrogen and oxygen atoms in total. The maximum absolute atomic E-state index is 13.8. The normalized spacial score (nSPS) is 12.5. The van der Waals surface area contributed by atoms with E-state index in [0.717, 1.165) is 5.56 Å². The van der Waals surface area contributed by atoms with Crippen LogP contribution < -0.4 is 10.5 Å². The lowest BCUT2D eigenvalue weighted by molar-refractivity contribution is 0.137. The zero-order valence-corrected chi connectivity index (χ0v) is 18.2. The highest BCUT2D eigenvalue weighted by atomic mass is 28.3. The number of ether oxygens (including phenoxy) is 1. The molecule has 0 saturated carbocycles. The molecule has 0 aliphatic carbocycles. The van der Waals surface area contributed by atoms with Crippen LogP contribution in [0, 0.1) is 5.82 Å². The quantitative estimate of drug-likeness (QED) is 0.513. The Morgan fingerprint density at radius 2 is 1.67 bits per heavy atom. The van der Waals surface area contributed by atoms with E-state index in [0.29, 0.717) is 5.56 Å². The van der Waals surface area contributed by atoms with Crippen LogP contribution in [0.25, 0.3) is 0 Å². The molecule has 0 heterocycles. The molecule has 154 valence electrons. The summed E-state index contributed by atoms with van der Waals surface area (Å²) in [7, 11) is -1.88. The number of benzene rings is 3. The van der Waals surface area contributed by atoms with Crippen molar-refractivity contribution in [1.29, 1.82) is 0 Å². The SMILES string of the molecule is C[Si](C)(/C=C/C(NC(=O)OCc1ccccc1)c1cccc(F)c1)c1ccccc1. The van der Waals surface area contributed by atoms with Gasteiger partial charge in [0.15, 0.2) is 0 Å². The number of carbonyl (C=O) groups is 1. The van der Waals surface area contributed by atoms with Gasteiger partial charge in [-0.3, -0.25) is 0 Å². The Hall–Kier alpha value is -3.18. The Labute approximate surface area is 178 Å². The van der Waals surface area contributed by atoms with Gasteiger partial charge in [-0.05, 0) is 23.3 Å². The van der Waals surface area contributed by atoms with Crippen LogP contribution in [-0.2, 0) is 11.3 Å². The molecule has 5 heteroatoms. The Morgan fingerprint density at radius 3 is 2.33 bits per heavy atom. The Kier molecular flexibility index (Phi) is 7.20. The summed E-state index contributed by atoms with van der Waals surface area (Å²) in [6.45, 7) is 4.64. The predicted molar refractivity (Wildman–Crippen MR) is 122 cm³/mol. The molecule has 3 rings (SSSR count). The minimum Gasteiger partial charge on any atom is -0.445 e. The van der Waals surface area contributed by atoms with Gasteiger partial charge in [0.25, 0.3) is 0 Å². The van der Waals surface area contributed by atoms with E-state index >= 15 is 0 Å². The fourth-order valence-electron chi connectivity index (χ4n) is 3.14. The van der Waals surface area contributed by atoms with E-state index in [1.807, 2.05) is 54.6 Å². The Bertz CT molecular complexity index is 990. The van der Waals surface area contributed by atoms with Crippen molar-refractivity contribution < 1.29 is 13.9 Å². The van der Waals surface area contributed by atoms with E-state index in [-0.39, 0.29) is 12.4 Å². The first-order valence-corrected chi connectivity index (χ1v) is 13.0. The molecule has 0 aromatic heterocycles. The van der Waals surface area contributed by atoms with Gasteiger partial charge < -0.3 is 10.1 Å². The summed E-state index contributed by atoms with van der Waals surface area (Å²) in [5.41, 5.74) is 3.74. The first kappa shape index (κ1) is 21.5. The first-order valence-electron chi connectivity index (χ1n) is 9.91. The molecule has 1 amide bonds. The van der Waals surface area contributed by atoms with Gasteiger partial charge in [0.1, 0.15) is 20.5 Å². The summed E-state index contributed by atoms with van der Waals surface area (Å²) in [5, 5.41) is 4.15. The highest BCUT2D eigenvalue weighted by molar-refractivity contribution is 6.93. The van der Waals surface area contributed by atoms with Crippen molar-refractivity contribution in [3.63, 3.8) is 0 Å². The van der Waals surface area contributed by atoms with Crippen LogP contribution in [0.1, 0.15) is 17.2 Å². The summed E-state index contributed by atoms with van der Waals surface area (Å²) >= 11 is 0. The van der Waals surface area contributed by atoms with Crippen molar-refractivity contribution in [3.05, 3.63) is 114 Å². The lowest BCUT2D eigenvalue weighted by Gasteiger charge is -2.21. The van der Waals surface area contributed by atoms with Crippen molar-refractivity contribution >= 4 is 19.4 Å². The van der Waals surface area contributed by atoms with Gasteiger partial charge in [0, 0.05) is 0 Å². The van der Waals surface area contributed by atoms with Crippen LogP contribution in [-0.4, -0.2) is 14.2 Å². The zero-order valence-electron chi connectivity index (χ0n) is 17.2. The molecule has 3 aromatic carbocycles. The molecular weight excluding hydrogens is 393 g/mol. The number of amides is 1. The van der Waals surface area contributed by atoms with E-state index in [9.17, 15) is 9.18 Å². The number of alkyl carbamates (subject to hydrolysis) is 1. The molecule has 0 spiro atoms. The third-order valence-corrected chi connectivity index (χ3v) is 7.76. The van der Waals surface area contributed by atoms with Crippen molar-refractivity contribution in [2.75, 3.05) is 0 Å². The fourth-order valence-corrected chi connectivity index (χ4v) is 5.05. The van der Waals surface area contributed by atoms with Gasteiger partial charge in [-0.25, -0.2) is 9.18 Å². The number of carbonyl (C=O) groups excluding carboxylic acids is 1. The molecule has 1 N–H and O–H groups in total. The Morgan fingerprint density at radius 1 is 1.00 bits per heavy atom. The second kappa shape index (κ2) is 10.0. The van der Waals surface area contributed by atoms with Crippen LogP contribution >= 0.6 is 0 Å². The number of halogens is 1. The Balaban J connectivity index is 1.76. The summed E-state index contributed by atoms with van der Waals surface area (Å²) in [6.07, 6.45) is 1.40. The van der Waals surface area contributed by atoms with Gasteiger partial charge >= 0.3 is 6.09 Å². The molecule has 0 aliphatic heterocycles. The van der Waals surface area contributed by atoms with Crippen molar-refractivity contribution in [3.8, 4) is 0 Å². The summed E-state index contributed by atoms with van der Waals surface area (Å²) in [4.78, 5) is 12.4. The van der Waals surface area contributed by atoms with E-state index in [2.05, 4.69) is 36.2 Å². The van der Waals surface area contributed by atoms with Crippen LogP contribution in [0.5, 0.6) is 0 Å². The first-order chi connectivity index (χ1) is 14.4. The van der Waals surface area contributed by atoms with Crippen molar-refractivity contribution in [1.82, 2.24) is 5.32 Å². The molecule has 3 aromatic rings. The van der Waals surface area contributed by atoms with Crippen molar-refractivity contribution in [2.45, 2.75) is 25.7 Å². The lowest BCUT2D eigenvalue weighted by atomic mass is 10.1. The maximum atomic E-state index is 13.8. The second-order valence-electron chi connectivity index (χ2n) is 7.69. The molecule has 0 saturated heterocycles. The minimum absolute atomic E-state index is 0.177. The summed E-state index contributed by atoms with van der Waals surface area (Å²) < 4.78 is 19.2. The van der Waals surface area contributed by atoms with Gasteiger partial charge in [0.05, 0.1) is 6.04 Å². The van der Waals surface area contributed by atoms with Gasteiger partial charge in [-0.15, -0.1) is 0 Å². The average molecular weight is 420 g/mol. The summed E-state index contributed by atoms with van der Waals surface area (Å²) in [5.74, 6) is -0.343. The highest BCUT2D eigenvalue weighted by Crippen LogP contribution is 2.18. The smallest absolute Gasteiger partial charge is 0.408 e. The van der Waals surface area contributed by atoms with Crippen LogP contribution in [0.3, 0.4) is 0 Å². The average Bonchev–Trinajstić information content (AvgIpc) is 2.76. The molecule has 0 radical (unpaired) electrons. The largest absolute Gasteiger partial charge is 0.445 e. The van der Waals surface area contributed by atoms with Crippen LogP contribution in [0.2, 0.25) is 13.1 Å². The molecule has 30 heavy (non-hydrogen) atoms. The van der Waals surface area contributed by atoms with Crippen LogP contribution in [0.4, 0.5) is 9.18 Å². The number of rotatable bonds is 7. The lowest BCUT2D eigenvalue weighted by Crippen LogP contribution is -2.39. The highest BCUT2D eigenvalue weighted by Gasteiger charge is 2.21. The molecular formula is C25H26FNO2Si. The monoisotopic (exact) mass is 419 g/mol. The number of nitrogens with one attached hydrogen (secondary N) is 1.